The summed E-state index contributed by atoms with van der Waals surface area (Å²) in [6.07, 6.45) is 2.53. The second-order valence-corrected chi connectivity index (χ2v) is 7.70. The number of hydrogen-bond donors (Lipinski definition) is 0. The lowest BCUT2D eigenvalue weighted by Crippen LogP contribution is -2.20. The van der Waals surface area contributed by atoms with Crippen molar-refractivity contribution in [1.29, 1.82) is 0 Å². The molecule has 0 radical (unpaired) electrons. The minimum absolute atomic E-state index is 0.273. The second-order valence-electron chi connectivity index (χ2n) is 7.70. The largest absolute Gasteiger partial charge is 0.0599 e. The van der Waals surface area contributed by atoms with Gasteiger partial charge >= 0.3 is 0 Å². The molecule has 0 saturated carbocycles. The molecule has 2 rings (SSSR count). The summed E-state index contributed by atoms with van der Waals surface area (Å²) in [5.74, 6) is 0.813. The van der Waals surface area contributed by atoms with Crippen molar-refractivity contribution in [3.8, 4) is 0 Å². The van der Waals surface area contributed by atoms with Crippen molar-refractivity contribution in [2.24, 2.45) is 11.3 Å². The van der Waals surface area contributed by atoms with Crippen LogP contribution in [0.15, 0.2) is 18.2 Å². The van der Waals surface area contributed by atoms with E-state index in [9.17, 15) is 0 Å². The van der Waals surface area contributed by atoms with Gasteiger partial charge in [-0.1, -0.05) is 59.7 Å². The first-order chi connectivity index (χ1) is 7.68. The van der Waals surface area contributed by atoms with E-state index in [1.54, 1.807) is 11.1 Å². The van der Waals surface area contributed by atoms with Gasteiger partial charge in [0.1, 0.15) is 0 Å². The van der Waals surface area contributed by atoms with E-state index in [0.717, 1.165) is 5.92 Å². The van der Waals surface area contributed by atoms with E-state index in [1.165, 1.54) is 18.4 Å². The van der Waals surface area contributed by atoms with E-state index in [4.69, 9.17) is 0 Å². The van der Waals surface area contributed by atoms with Crippen molar-refractivity contribution < 1.29 is 0 Å². The molecule has 1 aliphatic carbocycles. The van der Waals surface area contributed by atoms with E-state index < -0.39 is 0 Å². The number of benzene rings is 1. The fourth-order valence-electron chi connectivity index (χ4n) is 2.70. The van der Waals surface area contributed by atoms with Crippen LogP contribution < -0.4 is 0 Å². The van der Waals surface area contributed by atoms with Gasteiger partial charge < -0.3 is 0 Å². The number of fused-ring (bicyclic) bond motifs is 1. The molecule has 1 aromatic rings. The lowest BCUT2D eigenvalue weighted by molar-refractivity contribution is 0.251. The monoisotopic (exact) mass is 230 g/mol. The van der Waals surface area contributed by atoms with Gasteiger partial charge in [-0.2, -0.15) is 0 Å². The fourth-order valence-corrected chi connectivity index (χ4v) is 2.70. The van der Waals surface area contributed by atoms with Gasteiger partial charge in [-0.15, -0.1) is 0 Å². The van der Waals surface area contributed by atoms with Gasteiger partial charge in [0, 0.05) is 0 Å². The van der Waals surface area contributed by atoms with Gasteiger partial charge in [0.15, 0.2) is 0 Å². The first-order valence-electron chi connectivity index (χ1n) is 6.80. The lowest BCUT2D eigenvalue weighted by atomic mass is 9.79. The predicted molar refractivity (Wildman–Crippen MR) is 75.5 cm³/mol. The first kappa shape index (κ1) is 12.7. The third kappa shape index (κ3) is 2.56. The molecule has 0 amide bonds. The zero-order chi connectivity index (χ0) is 12.8. The van der Waals surface area contributed by atoms with Crippen molar-refractivity contribution in [2.75, 3.05) is 0 Å². The maximum atomic E-state index is 2.45. The Hall–Kier alpha value is -0.780. The molecule has 0 fully saturated rings. The van der Waals surface area contributed by atoms with E-state index in [1.807, 2.05) is 0 Å². The summed E-state index contributed by atoms with van der Waals surface area (Å²) in [6.45, 7) is 14.0. The molecule has 0 heteroatoms. The molecule has 0 aromatic heterocycles. The quantitative estimate of drug-likeness (QED) is 0.603. The van der Waals surface area contributed by atoms with Crippen LogP contribution in [-0.4, -0.2) is 0 Å². The van der Waals surface area contributed by atoms with E-state index >= 15 is 0 Å². The average Bonchev–Trinajstić information content (AvgIpc) is 2.57. The van der Waals surface area contributed by atoms with Crippen LogP contribution in [0.3, 0.4) is 0 Å². The van der Waals surface area contributed by atoms with Crippen LogP contribution in [0.2, 0.25) is 0 Å². The maximum Gasteiger partial charge on any atom is -0.0132 e. The van der Waals surface area contributed by atoms with Crippen molar-refractivity contribution in [2.45, 2.75) is 59.8 Å². The summed E-state index contributed by atoms with van der Waals surface area (Å²) in [5.41, 5.74) is 5.36. The fraction of sp³-hybridized carbons (Fsp3) is 0.647. The van der Waals surface area contributed by atoms with Crippen LogP contribution in [0.5, 0.6) is 0 Å². The molecule has 0 heterocycles. The summed E-state index contributed by atoms with van der Waals surface area (Å²) in [6, 6.07) is 7.13. The van der Waals surface area contributed by atoms with Crippen molar-refractivity contribution in [1.82, 2.24) is 0 Å². The Labute approximate surface area is 106 Å². The topological polar surface area (TPSA) is 0 Å². The van der Waals surface area contributed by atoms with E-state index in [0.29, 0.717) is 5.41 Å². The minimum Gasteiger partial charge on any atom is -0.0599 e. The predicted octanol–water partition coefficient (Wildman–Crippen LogP) is 4.75. The van der Waals surface area contributed by atoms with Crippen LogP contribution in [0.1, 0.15) is 58.2 Å². The van der Waals surface area contributed by atoms with Crippen LogP contribution in [0, 0.1) is 11.3 Å². The Morgan fingerprint density at radius 1 is 0.882 bits per heavy atom. The van der Waals surface area contributed by atoms with Crippen LogP contribution in [-0.2, 0) is 18.3 Å². The molecule has 0 aliphatic heterocycles. The molecule has 17 heavy (non-hydrogen) atoms. The lowest BCUT2D eigenvalue weighted by Gasteiger charge is -2.26. The molecule has 1 aromatic carbocycles. The molecule has 1 unspecified atom stereocenters. The van der Waals surface area contributed by atoms with Gasteiger partial charge in [-0.05, 0) is 46.3 Å². The summed E-state index contributed by atoms with van der Waals surface area (Å²) in [4.78, 5) is 0. The maximum absolute atomic E-state index is 2.45. The molecule has 0 nitrogen and oxygen atoms in total. The number of rotatable bonds is 0. The van der Waals surface area contributed by atoms with Crippen LogP contribution >= 0.6 is 0 Å². The summed E-state index contributed by atoms with van der Waals surface area (Å²) in [5, 5.41) is 0. The average molecular weight is 230 g/mol. The first-order valence-corrected chi connectivity index (χ1v) is 6.80. The minimum atomic E-state index is 0.273. The third-order valence-corrected chi connectivity index (χ3v) is 4.23. The second kappa shape index (κ2) is 3.86. The van der Waals surface area contributed by atoms with Crippen LogP contribution in [0.25, 0.3) is 0 Å². The number of hydrogen-bond acceptors (Lipinski definition) is 0. The zero-order valence-corrected chi connectivity index (χ0v) is 12.2. The Kier molecular flexibility index (Phi) is 2.88. The van der Waals surface area contributed by atoms with Gasteiger partial charge in [0.2, 0.25) is 0 Å². The third-order valence-electron chi connectivity index (χ3n) is 4.23. The highest BCUT2D eigenvalue weighted by Crippen LogP contribution is 2.39. The van der Waals surface area contributed by atoms with Gasteiger partial charge in [0.25, 0.3) is 0 Å². The van der Waals surface area contributed by atoms with Crippen LogP contribution in [0.4, 0.5) is 0 Å². The molecule has 0 saturated heterocycles. The molecule has 0 spiro atoms. The molecule has 0 N–H and O–H groups in total. The molecule has 1 aliphatic rings. The Bertz CT molecular complexity index is 413. The molecule has 1 atom stereocenters. The van der Waals surface area contributed by atoms with Gasteiger partial charge in [0.05, 0.1) is 0 Å². The van der Waals surface area contributed by atoms with Crippen molar-refractivity contribution in [3.63, 3.8) is 0 Å². The van der Waals surface area contributed by atoms with Crippen molar-refractivity contribution in [3.05, 3.63) is 34.9 Å². The van der Waals surface area contributed by atoms with Crippen molar-refractivity contribution >= 4 is 0 Å². The zero-order valence-electron chi connectivity index (χ0n) is 12.2. The molecule has 0 bridgehead atoms. The standard InChI is InChI=1S/C17H26/c1-16(2,3)14-8-7-12-9-15(17(4,5)6)11-13(12)10-14/h7-8,10,15H,9,11H2,1-6H3. The van der Waals surface area contributed by atoms with E-state index in [2.05, 4.69) is 59.7 Å². The highest BCUT2D eigenvalue weighted by molar-refractivity contribution is 5.39. The summed E-state index contributed by atoms with van der Waals surface area (Å²) in [7, 11) is 0. The Morgan fingerprint density at radius 2 is 1.47 bits per heavy atom. The summed E-state index contributed by atoms with van der Waals surface area (Å²) < 4.78 is 0. The van der Waals surface area contributed by atoms with E-state index in [-0.39, 0.29) is 5.41 Å². The Balaban J connectivity index is 2.29. The molecular formula is C17H26. The smallest absolute Gasteiger partial charge is 0.0132 e. The summed E-state index contributed by atoms with van der Waals surface area (Å²) >= 11 is 0. The molecule has 94 valence electrons. The highest BCUT2D eigenvalue weighted by Gasteiger charge is 2.31. The molecular weight excluding hydrogens is 204 g/mol. The van der Waals surface area contributed by atoms with Gasteiger partial charge in [-0.25, -0.2) is 0 Å². The van der Waals surface area contributed by atoms with Gasteiger partial charge in [-0.3, -0.25) is 0 Å². The normalized spacial score (nSPS) is 20.5. The highest BCUT2D eigenvalue weighted by atomic mass is 14.4. The Morgan fingerprint density at radius 3 is 2.00 bits per heavy atom. The SMILES string of the molecule is CC(C)(C)c1ccc2c(c1)CC(C(C)(C)C)C2.